The number of aliphatic hydroxyl groups excluding tert-OH is 1. The summed E-state index contributed by atoms with van der Waals surface area (Å²) in [6, 6.07) is 15.9. The molecule has 50 heavy (non-hydrogen) atoms. The fourth-order valence-electron chi connectivity index (χ4n) is 6.67. The summed E-state index contributed by atoms with van der Waals surface area (Å²) in [5, 5.41) is 28.3. The van der Waals surface area contributed by atoms with Crippen LogP contribution in [0.5, 0.6) is 11.5 Å². The zero-order chi connectivity index (χ0) is 35.1. The van der Waals surface area contributed by atoms with Gasteiger partial charge in [-0.3, -0.25) is 15.3 Å². The first kappa shape index (κ1) is 38.0. The number of amides is 1. The summed E-state index contributed by atoms with van der Waals surface area (Å²) in [5.74, 6) is 1.70. The Morgan fingerprint density at radius 1 is 0.940 bits per heavy atom. The molecule has 0 radical (unpaired) electrons. The van der Waals surface area contributed by atoms with Gasteiger partial charge < -0.3 is 43.3 Å². The molecule has 14 heteroatoms. The number of β-amino-alcohol motifs (C(OH)–C–C–N with tert-alkyl or cyclic N) is 1. The Balaban J connectivity index is 1.19. The average molecular weight is 704 g/mol. The number of rotatable bonds is 18. The summed E-state index contributed by atoms with van der Waals surface area (Å²) >= 11 is 0. The molecule has 1 amide bonds. The van der Waals surface area contributed by atoms with Crippen LogP contribution in [0.2, 0.25) is 0 Å². The lowest BCUT2D eigenvalue weighted by Crippen LogP contribution is -2.59. The van der Waals surface area contributed by atoms with Crippen molar-refractivity contribution in [3.63, 3.8) is 0 Å². The minimum atomic E-state index is -0.968. The Labute approximate surface area is 294 Å². The van der Waals surface area contributed by atoms with Gasteiger partial charge >= 0.3 is 6.09 Å². The number of nitrogens with zero attached hydrogens (tertiary/aromatic N) is 3. The molecule has 1 saturated heterocycles. The van der Waals surface area contributed by atoms with Crippen molar-refractivity contribution in [2.75, 3.05) is 64.6 Å². The second-order valence-corrected chi connectivity index (χ2v) is 13.0. The number of fused-ring (bicyclic) bond motifs is 1. The molecule has 0 aromatic heterocycles. The van der Waals surface area contributed by atoms with Crippen molar-refractivity contribution in [3.8, 4) is 11.5 Å². The maximum Gasteiger partial charge on any atom is 0.409 e. The van der Waals surface area contributed by atoms with E-state index in [2.05, 4.69) is 15.8 Å². The number of hydrogen-bond donors (Lipinski definition) is 3. The number of aliphatic hydroxyl groups is 1. The smallest absolute Gasteiger partial charge is 0.409 e. The van der Waals surface area contributed by atoms with E-state index in [4.69, 9.17) is 38.8 Å². The second kappa shape index (κ2) is 20.0. The number of anilines is 1. The Morgan fingerprint density at radius 2 is 1.72 bits per heavy atom. The zero-order valence-corrected chi connectivity index (χ0v) is 29.0. The van der Waals surface area contributed by atoms with Gasteiger partial charge in [0.25, 0.3) is 0 Å². The zero-order valence-electron chi connectivity index (χ0n) is 29.0. The maximum atomic E-state index is 13.1. The molecule has 3 aliphatic rings. The summed E-state index contributed by atoms with van der Waals surface area (Å²) in [4.78, 5) is 21.4. The summed E-state index contributed by atoms with van der Waals surface area (Å²) < 4.78 is 35.9. The van der Waals surface area contributed by atoms with Gasteiger partial charge in [-0.25, -0.2) is 4.79 Å². The number of carbonyl (C=O) groups is 1. The molecule has 3 N–H and O–H groups in total. The van der Waals surface area contributed by atoms with E-state index < -0.39 is 24.4 Å². The van der Waals surface area contributed by atoms with Crippen LogP contribution in [-0.2, 0) is 30.4 Å². The molecule has 2 aromatic rings. The molecule has 0 bridgehead atoms. The number of carbonyl (C=O) groups excluding carboxylic acids is 1. The second-order valence-electron chi connectivity index (χ2n) is 13.0. The van der Waals surface area contributed by atoms with Crippen molar-refractivity contribution in [1.29, 1.82) is 0 Å². The van der Waals surface area contributed by atoms with E-state index in [9.17, 15) is 9.90 Å². The van der Waals surface area contributed by atoms with E-state index in [-0.39, 0.29) is 50.5 Å². The monoisotopic (exact) mass is 703 g/mol. The van der Waals surface area contributed by atoms with Crippen LogP contribution >= 0.6 is 0 Å². The van der Waals surface area contributed by atoms with Crippen LogP contribution in [0.25, 0.3) is 0 Å². The van der Waals surface area contributed by atoms with Crippen LogP contribution in [0, 0.1) is 0 Å². The number of piperidine rings is 1. The molecule has 3 unspecified atom stereocenters. The number of likely N-dealkylation sites (tertiary alicyclic amines) is 1. The van der Waals surface area contributed by atoms with E-state index in [1.807, 2.05) is 42.5 Å². The predicted molar refractivity (Wildman–Crippen MR) is 181 cm³/mol. The summed E-state index contributed by atoms with van der Waals surface area (Å²) in [6.45, 7) is 3.81. The SMILES string of the molecule is COCCCN1CCOc2ccc(COC3CN(C(=O)OCCCCCON(O)O)CC(O)C3OC3CCC(Oc4ccccc4)CC3)cc21. The van der Waals surface area contributed by atoms with Crippen molar-refractivity contribution >= 4 is 11.8 Å². The standard InChI is InChI=1S/C36H53N3O11/c1-44-19-8-17-37-18-22-45-33-16-11-27(23-31(33)37)26-47-34-25-38(36(41)46-20-6-3-7-21-48-39(42)43)24-32(40)35(34)50-30-14-12-29(13-15-30)49-28-9-4-2-5-10-28/h2,4-5,9-11,16,23,29-30,32,34-35,40,42-43H,3,6-8,12-15,17-22,24-26H2,1H3. The molecule has 1 saturated carbocycles. The first-order valence-corrected chi connectivity index (χ1v) is 17.8. The van der Waals surface area contributed by atoms with Crippen LogP contribution in [0.3, 0.4) is 0 Å². The largest absolute Gasteiger partial charge is 0.490 e. The normalized spacial score (nSPS) is 23.7. The van der Waals surface area contributed by atoms with E-state index in [0.717, 1.165) is 67.9 Å². The molecule has 3 atom stereocenters. The number of methoxy groups -OCH3 is 1. The highest BCUT2D eigenvalue weighted by Gasteiger charge is 2.42. The van der Waals surface area contributed by atoms with Gasteiger partial charge in [-0.05, 0) is 81.2 Å². The quantitative estimate of drug-likeness (QED) is 0.147. The van der Waals surface area contributed by atoms with Crippen LogP contribution in [0.1, 0.15) is 56.9 Å². The number of ether oxygens (including phenoxy) is 6. The third-order valence-corrected chi connectivity index (χ3v) is 9.27. The van der Waals surface area contributed by atoms with Crippen LogP contribution < -0.4 is 14.4 Å². The van der Waals surface area contributed by atoms with Gasteiger partial charge in [0, 0.05) is 20.3 Å². The number of para-hydroxylation sites is 1. The topological polar surface area (TPSA) is 152 Å². The fourth-order valence-corrected chi connectivity index (χ4v) is 6.67. The van der Waals surface area contributed by atoms with Gasteiger partial charge in [0.05, 0.1) is 62.7 Å². The summed E-state index contributed by atoms with van der Waals surface area (Å²) in [7, 11) is 1.71. The van der Waals surface area contributed by atoms with Gasteiger partial charge in [0.15, 0.2) is 0 Å². The van der Waals surface area contributed by atoms with Crippen molar-refractivity contribution in [3.05, 3.63) is 54.1 Å². The molecular weight excluding hydrogens is 650 g/mol. The van der Waals surface area contributed by atoms with Crippen LogP contribution in [0.4, 0.5) is 10.5 Å². The highest BCUT2D eigenvalue weighted by Crippen LogP contribution is 2.34. The number of benzene rings is 2. The lowest BCUT2D eigenvalue weighted by atomic mass is 9.93. The molecule has 2 aromatic carbocycles. The predicted octanol–water partition coefficient (Wildman–Crippen LogP) is 4.58. The lowest BCUT2D eigenvalue weighted by Gasteiger charge is -2.43. The molecule has 2 aliphatic heterocycles. The maximum absolute atomic E-state index is 13.1. The molecule has 14 nitrogen and oxygen atoms in total. The van der Waals surface area contributed by atoms with Crippen molar-refractivity contribution in [2.45, 2.75) is 88.5 Å². The molecule has 1 aliphatic carbocycles. The van der Waals surface area contributed by atoms with Gasteiger partial charge in [0.1, 0.15) is 36.4 Å². The van der Waals surface area contributed by atoms with Gasteiger partial charge in [-0.15, -0.1) is 0 Å². The minimum Gasteiger partial charge on any atom is -0.490 e. The Hall–Kier alpha value is -3.21. The molecule has 278 valence electrons. The van der Waals surface area contributed by atoms with Crippen molar-refractivity contribution in [1.82, 2.24) is 10.3 Å². The lowest BCUT2D eigenvalue weighted by molar-refractivity contribution is -0.492. The van der Waals surface area contributed by atoms with E-state index in [1.165, 1.54) is 4.90 Å². The summed E-state index contributed by atoms with van der Waals surface area (Å²) in [6.07, 6.45) is 3.32. The van der Waals surface area contributed by atoms with Gasteiger partial charge in [-0.1, -0.05) is 24.3 Å². The highest BCUT2D eigenvalue weighted by molar-refractivity contribution is 5.68. The molecule has 2 heterocycles. The molecule has 2 fully saturated rings. The first-order chi connectivity index (χ1) is 24.4. The number of hydrogen-bond acceptors (Lipinski definition) is 13. The van der Waals surface area contributed by atoms with E-state index in [0.29, 0.717) is 32.5 Å². The van der Waals surface area contributed by atoms with E-state index >= 15 is 0 Å². The third-order valence-electron chi connectivity index (χ3n) is 9.27. The van der Waals surface area contributed by atoms with E-state index in [1.54, 1.807) is 7.11 Å². The van der Waals surface area contributed by atoms with Crippen LogP contribution in [0.15, 0.2) is 48.5 Å². The molecular formula is C36H53N3O11. The van der Waals surface area contributed by atoms with Crippen LogP contribution in [-0.4, -0.2) is 122 Å². The Morgan fingerprint density at radius 3 is 2.50 bits per heavy atom. The first-order valence-electron chi connectivity index (χ1n) is 17.8. The minimum absolute atomic E-state index is 0.0656. The van der Waals surface area contributed by atoms with Gasteiger partial charge in [-0.2, -0.15) is 0 Å². The Kier molecular flexibility index (Phi) is 15.2. The third kappa shape index (κ3) is 11.7. The molecule has 5 rings (SSSR count). The van der Waals surface area contributed by atoms with Crippen molar-refractivity contribution < 1.29 is 53.6 Å². The number of unbranched alkanes of at least 4 members (excludes halogenated alkanes) is 2. The average Bonchev–Trinajstić information content (AvgIpc) is 3.12. The van der Waals surface area contributed by atoms with Crippen molar-refractivity contribution in [2.24, 2.45) is 0 Å². The Bertz CT molecular complexity index is 1280. The van der Waals surface area contributed by atoms with Gasteiger partial charge in [0.2, 0.25) is 0 Å². The highest BCUT2D eigenvalue weighted by atomic mass is 17.1. The molecule has 0 spiro atoms. The summed E-state index contributed by atoms with van der Waals surface area (Å²) in [5.41, 5.74) is 1.97. The fraction of sp³-hybridized carbons (Fsp3) is 0.639.